The van der Waals surface area contributed by atoms with Crippen LogP contribution in [0.1, 0.15) is 16.1 Å². The Kier molecular flexibility index (Phi) is 3.79. The van der Waals surface area contributed by atoms with Crippen LogP contribution in [0.25, 0.3) is 11.3 Å². The predicted octanol–water partition coefficient (Wildman–Crippen LogP) is 4.12. The maximum Gasteiger partial charge on any atom is 0.253 e. The van der Waals surface area contributed by atoms with E-state index in [2.05, 4.69) is 5.32 Å². The summed E-state index contributed by atoms with van der Waals surface area (Å²) in [5.41, 5.74) is 1.31. The molecular formula is C16H12ClNO3. The van der Waals surface area contributed by atoms with E-state index in [1.165, 1.54) is 0 Å². The van der Waals surface area contributed by atoms with Crippen LogP contribution >= 0.6 is 11.6 Å². The molecule has 21 heavy (non-hydrogen) atoms. The van der Waals surface area contributed by atoms with E-state index in [-0.39, 0.29) is 5.91 Å². The highest BCUT2D eigenvalue weighted by atomic mass is 35.5. The molecule has 0 atom stereocenters. The maximum absolute atomic E-state index is 12.0. The van der Waals surface area contributed by atoms with Crippen LogP contribution in [0.4, 0.5) is 0 Å². The van der Waals surface area contributed by atoms with Crippen LogP contribution in [-0.4, -0.2) is 5.91 Å². The first-order chi connectivity index (χ1) is 10.2. The molecular weight excluding hydrogens is 290 g/mol. The molecule has 0 spiro atoms. The smallest absolute Gasteiger partial charge is 0.253 e. The SMILES string of the molecule is O=C(NCc1ccc(-c2ccoc2)o1)c1ccccc1Cl. The fourth-order valence-electron chi connectivity index (χ4n) is 1.94. The van der Waals surface area contributed by atoms with Crippen LogP contribution in [0.5, 0.6) is 0 Å². The highest BCUT2D eigenvalue weighted by Gasteiger charge is 2.11. The Balaban J connectivity index is 1.66. The van der Waals surface area contributed by atoms with Crippen molar-refractivity contribution in [3.63, 3.8) is 0 Å². The summed E-state index contributed by atoms with van der Waals surface area (Å²) in [5.74, 6) is 1.12. The van der Waals surface area contributed by atoms with Gasteiger partial charge in [0, 0.05) is 0 Å². The lowest BCUT2D eigenvalue weighted by atomic mass is 10.2. The Labute approximate surface area is 126 Å². The van der Waals surface area contributed by atoms with E-state index in [1.54, 1.807) is 36.8 Å². The summed E-state index contributed by atoms with van der Waals surface area (Å²) < 4.78 is 10.6. The van der Waals surface area contributed by atoms with E-state index in [0.29, 0.717) is 28.7 Å². The van der Waals surface area contributed by atoms with Crippen molar-refractivity contribution in [2.45, 2.75) is 6.54 Å². The summed E-state index contributed by atoms with van der Waals surface area (Å²) >= 11 is 5.98. The van der Waals surface area contributed by atoms with Gasteiger partial charge in [0.2, 0.25) is 0 Å². The number of carbonyl (C=O) groups is 1. The number of halogens is 1. The van der Waals surface area contributed by atoms with Crippen molar-refractivity contribution >= 4 is 17.5 Å². The average Bonchev–Trinajstić information content (AvgIpc) is 3.16. The van der Waals surface area contributed by atoms with Crippen molar-refractivity contribution in [2.24, 2.45) is 0 Å². The number of furan rings is 2. The molecule has 0 aliphatic rings. The maximum atomic E-state index is 12.0. The zero-order valence-electron chi connectivity index (χ0n) is 11.0. The summed E-state index contributed by atoms with van der Waals surface area (Å²) in [6, 6.07) is 12.4. The van der Waals surface area contributed by atoms with Gasteiger partial charge in [-0.15, -0.1) is 0 Å². The van der Waals surface area contributed by atoms with Crippen molar-refractivity contribution in [3.8, 4) is 11.3 Å². The van der Waals surface area contributed by atoms with Crippen molar-refractivity contribution in [1.29, 1.82) is 0 Å². The highest BCUT2D eigenvalue weighted by Crippen LogP contribution is 2.22. The molecule has 4 nitrogen and oxygen atoms in total. The molecule has 1 aromatic carbocycles. The molecule has 0 saturated heterocycles. The van der Waals surface area contributed by atoms with Crippen LogP contribution in [0.15, 0.2) is 63.8 Å². The van der Waals surface area contributed by atoms with Crippen LogP contribution < -0.4 is 5.32 Å². The number of hydrogen-bond donors (Lipinski definition) is 1. The van der Waals surface area contributed by atoms with E-state index in [9.17, 15) is 4.79 Å². The normalized spacial score (nSPS) is 10.5. The molecule has 1 amide bonds. The molecule has 0 saturated carbocycles. The number of benzene rings is 1. The quantitative estimate of drug-likeness (QED) is 0.788. The zero-order valence-corrected chi connectivity index (χ0v) is 11.8. The molecule has 2 heterocycles. The second kappa shape index (κ2) is 5.89. The second-order valence-corrected chi connectivity index (χ2v) is 4.85. The van der Waals surface area contributed by atoms with Crippen LogP contribution in [0, 0.1) is 0 Å². The zero-order chi connectivity index (χ0) is 14.7. The highest BCUT2D eigenvalue weighted by molar-refractivity contribution is 6.33. The molecule has 0 radical (unpaired) electrons. The van der Waals surface area contributed by atoms with Gasteiger partial charge >= 0.3 is 0 Å². The molecule has 3 rings (SSSR count). The number of carbonyl (C=O) groups excluding carboxylic acids is 1. The summed E-state index contributed by atoms with van der Waals surface area (Å²) in [4.78, 5) is 12.0. The second-order valence-electron chi connectivity index (χ2n) is 4.44. The third-order valence-corrected chi connectivity index (χ3v) is 3.34. The molecule has 106 valence electrons. The van der Waals surface area contributed by atoms with Crippen molar-refractivity contribution in [3.05, 3.63) is 71.3 Å². The lowest BCUT2D eigenvalue weighted by molar-refractivity contribution is 0.0948. The number of amides is 1. The lowest BCUT2D eigenvalue weighted by Crippen LogP contribution is -2.22. The molecule has 0 unspecified atom stereocenters. The minimum absolute atomic E-state index is 0.234. The molecule has 1 N–H and O–H groups in total. The van der Waals surface area contributed by atoms with Crippen molar-refractivity contribution < 1.29 is 13.6 Å². The molecule has 2 aromatic heterocycles. The Bertz CT molecular complexity index is 746. The van der Waals surface area contributed by atoms with Crippen LogP contribution in [0.2, 0.25) is 5.02 Å². The van der Waals surface area contributed by atoms with Gasteiger partial charge in [0.15, 0.2) is 0 Å². The van der Waals surface area contributed by atoms with Gasteiger partial charge in [-0.1, -0.05) is 23.7 Å². The van der Waals surface area contributed by atoms with E-state index >= 15 is 0 Å². The van der Waals surface area contributed by atoms with Gasteiger partial charge in [0.1, 0.15) is 17.8 Å². The van der Waals surface area contributed by atoms with Gasteiger partial charge < -0.3 is 14.2 Å². The summed E-state index contributed by atoms with van der Waals surface area (Å²) in [5, 5.41) is 3.20. The first kappa shape index (κ1) is 13.5. The Morgan fingerprint density at radius 3 is 2.76 bits per heavy atom. The van der Waals surface area contributed by atoms with Crippen molar-refractivity contribution in [1.82, 2.24) is 5.32 Å². The fourth-order valence-corrected chi connectivity index (χ4v) is 2.16. The first-order valence-corrected chi connectivity index (χ1v) is 6.76. The summed E-state index contributed by atoms with van der Waals surface area (Å²) in [6.07, 6.45) is 3.18. The average molecular weight is 302 g/mol. The number of nitrogens with one attached hydrogen (secondary N) is 1. The Morgan fingerprint density at radius 1 is 1.14 bits per heavy atom. The van der Waals surface area contributed by atoms with Gasteiger partial charge in [-0.3, -0.25) is 4.79 Å². The predicted molar refractivity (Wildman–Crippen MR) is 79.0 cm³/mol. The standard InChI is InChI=1S/C16H12ClNO3/c17-14-4-2-1-3-13(14)16(19)18-9-12-5-6-15(21-12)11-7-8-20-10-11/h1-8,10H,9H2,(H,18,19). The molecule has 0 aliphatic carbocycles. The van der Waals surface area contributed by atoms with E-state index < -0.39 is 0 Å². The minimum Gasteiger partial charge on any atom is -0.472 e. The van der Waals surface area contributed by atoms with E-state index in [1.807, 2.05) is 18.2 Å². The summed E-state index contributed by atoms with van der Waals surface area (Å²) in [7, 11) is 0. The molecule has 0 aliphatic heterocycles. The van der Waals surface area contributed by atoms with Gasteiger partial charge in [-0.05, 0) is 30.3 Å². The monoisotopic (exact) mass is 301 g/mol. The van der Waals surface area contributed by atoms with Gasteiger partial charge in [-0.25, -0.2) is 0 Å². The van der Waals surface area contributed by atoms with Gasteiger partial charge in [0.25, 0.3) is 5.91 Å². The molecule has 5 heteroatoms. The number of hydrogen-bond acceptors (Lipinski definition) is 3. The van der Waals surface area contributed by atoms with Gasteiger partial charge in [0.05, 0.1) is 29.0 Å². The molecule has 0 fully saturated rings. The van der Waals surface area contributed by atoms with Crippen molar-refractivity contribution in [2.75, 3.05) is 0 Å². The van der Waals surface area contributed by atoms with E-state index in [0.717, 1.165) is 5.56 Å². The minimum atomic E-state index is -0.234. The molecule has 3 aromatic rings. The topological polar surface area (TPSA) is 55.4 Å². The first-order valence-electron chi connectivity index (χ1n) is 6.38. The lowest BCUT2D eigenvalue weighted by Gasteiger charge is -2.04. The Hall–Kier alpha value is -2.46. The number of rotatable bonds is 4. The van der Waals surface area contributed by atoms with Crippen LogP contribution in [-0.2, 0) is 6.54 Å². The van der Waals surface area contributed by atoms with Crippen LogP contribution in [0.3, 0.4) is 0 Å². The third-order valence-electron chi connectivity index (χ3n) is 3.01. The third kappa shape index (κ3) is 3.01. The Morgan fingerprint density at radius 2 is 2.00 bits per heavy atom. The molecule has 0 bridgehead atoms. The summed E-state index contributed by atoms with van der Waals surface area (Å²) in [6.45, 7) is 0.294. The van der Waals surface area contributed by atoms with Gasteiger partial charge in [-0.2, -0.15) is 0 Å². The van der Waals surface area contributed by atoms with E-state index in [4.69, 9.17) is 20.4 Å². The fraction of sp³-hybridized carbons (Fsp3) is 0.0625. The largest absolute Gasteiger partial charge is 0.472 e.